The molecule has 0 atom stereocenters. The molecule has 0 bridgehead atoms. The number of benzene rings is 1. The standard InChI is InChI=1S/C16H24N2OS2/c1-16(2)6-7-18(9-11-21-16)8-10-19-14-5-3-4-13(12-14)15(17)20/h3-5,12H,6-11H2,1-2H3,(H2,17,20). The summed E-state index contributed by atoms with van der Waals surface area (Å²) in [4.78, 5) is 2.89. The minimum Gasteiger partial charge on any atom is -0.492 e. The maximum absolute atomic E-state index is 5.83. The highest BCUT2D eigenvalue weighted by atomic mass is 32.2. The number of ether oxygens (including phenoxy) is 1. The van der Waals surface area contributed by atoms with Crippen LogP contribution in [0.1, 0.15) is 25.8 Å². The Hall–Kier alpha value is -0.780. The number of hydrogen-bond donors (Lipinski definition) is 1. The Morgan fingerprint density at radius 2 is 2.24 bits per heavy atom. The molecule has 1 saturated heterocycles. The van der Waals surface area contributed by atoms with Crippen molar-refractivity contribution in [1.82, 2.24) is 4.90 Å². The van der Waals surface area contributed by atoms with Crippen molar-refractivity contribution in [3.05, 3.63) is 29.8 Å². The fraction of sp³-hybridized carbons (Fsp3) is 0.562. The summed E-state index contributed by atoms with van der Waals surface area (Å²) in [5, 5.41) is 0. The van der Waals surface area contributed by atoms with Crippen LogP contribution in [0.25, 0.3) is 0 Å². The molecule has 0 saturated carbocycles. The predicted octanol–water partition coefficient (Wildman–Crippen LogP) is 2.92. The average Bonchev–Trinajstić information content (AvgIpc) is 2.60. The second kappa shape index (κ2) is 7.47. The molecule has 1 fully saturated rings. The molecule has 21 heavy (non-hydrogen) atoms. The van der Waals surface area contributed by atoms with Crippen LogP contribution in [0.2, 0.25) is 0 Å². The summed E-state index contributed by atoms with van der Waals surface area (Å²) in [7, 11) is 0. The fourth-order valence-electron chi connectivity index (χ4n) is 2.32. The molecule has 3 nitrogen and oxygen atoms in total. The van der Waals surface area contributed by atoms with Gasteiger partial charge in [0.15, 0.2) is 0 Å². The highest BCUT2D eigenvalue weighted by Crippen LogP contribution is 2.30. The van der Waals surface area contributed by atoms with Crippen molar-refractivity contribution in [3.63, 3.8) is 0 Å². The van der Waals surface area contributed by atoms with Crippen molar-refractivity contribution >= 4 is 29.0 Å². The van der Waals surface area contributed by atoms with Gasteiger partial charge in [0.1, 0.15) is 17.3 Å². The van der Waals surface area contributed by atoms with Gasteiger partial charge in [-0.2, -0.15) is 11.8 Å². The van der Waals surface area contributed by atoms with Gasteiger partial charge >= 0.3 is 0 Å². The van der Waals surface area contributed by atoms with Gasteiger partial charge in [0, 0.05) is 29.2 Å². The van der Waals surface area contributed by atoms with Gasteiger partial charge in [-0.15, -0.1) is 0 Å². The van der Waals surface area contributed by atoms with Crippen molar-refractivity contribution in [2.45, 2.75) is 25.0 Å². The number of hydrogen-bond acceptors (Lipinski definition) is 4. The van der Waals surface area contributed by atoms with Crippen LogP contribution >= 0.6 is 24.0 Å². The largest absolute Gasteiger partial charge is 0.492 e. The molecular formula is C16H24N2OS2. The first-order valence-corrected chi connectivity index (χ1v) is 8.75. The first-order chi connectivity index (χ1) is 9.96. The number of thioether (sulfide) groups is 1. The van der Waals surface area contributed by atoms with E-state index in [9.17, 15) is 0 Å². The van der Waals surface area contributed by atoms with Crippen molar-refractivity contribution in [3.8, 4) is 5.75 Å². The van der Waals surface area contributed by atoms with Crippen molar-refractivity contribution in [1.29, 1.82) is 0 Å². The third-order valence-electron chi connectivity index (χ3n) is 3.73. The highest BCUT2D eigenvalue weighted by Gasteiger charge is 2.23. The Morgan fingerprint density at radius 1 is 1.43 bits per heavy atom. The molecule has 0 spiro atoms. The molecule has 0 aliphatic carbocycles. The van der Waals surface area contributed by atoms with Gasteiger partial charge in [-0.25, -0.2) is 0 Å². The molecule has 1 heterocycles. The van der Waals surface area contributed by atoms with Crippen molar-refractivity contribution in [2.75, 3.05) is 32.0 Å². The first kappa shape index (κ1) is 16.6. The van der Waals surface area contributed by atoms with Gasteiger partial charge in [0.05, 0.1) is 0 Å². The van der Waals surface area contributed by atoms with E-state index in [1.807, 2.05) is 24.3 Å². The summed E-state index contributed by atoms with van der Waals surface area (Å²) in [5.41, 5.74) is 6.49. The zero-order valence-corrected chi connectivity index (χ0v) is 14.4. The zero-order valence-electron chi connectivity index (χ0n) is 12.8. The van der Waals surface area contributed by atoms with Crippen molar-refractivity contribution < 1.29 is 4.74 Å². The lowest BCUT2D eigenvalue weighted by atomic mass is 10.1. The van der Waals surface area contributed by atoms with E-state index in [1.165, 1.54) is 12.2 Å². The molecule has 0 aromatic heterocycles. The number of rotatable bonds is 5. The van der Waals surface area contributed by atoms with E-state index >= 15 is 0 Å². The molecule has 116 valence electrons. The van der Waals surface area contributed by atoms with Gasteiger partial charge in [0.2, 0.25) is 0 Å². The summed E-state index contributed by atoms with van der Waals surface area (Å²) >= 11 is 7.05. The number of nitrogens with two attached hydrogens (primary N) is 1. The minimum absolute atomic E-state index is 0.404. The molecule has 1 aliphatic heterocycles. The molecule has 0 unspecified atom stereocenters. The van der Waals surface area contributed by atoms with Crippen LogP contribution in [-0.4, -0.2) is 46.6 Å². The number of thiocarbonyl (C=S) groups is 1. The topological polar surface area (TPSA) is 38.5 Å². The third-order valence-corrected chi connectivity index (χ3v) is 5.33. The monoisotopic (exact) mass is 324 g/mol. The van der Waals surface area contributed by atoms with Gasteiger partial charge in [-0.05, 0) is 25.1 Å². The molecule has 0 radical (unpaired) electrons. The van der Waals surface area contributed by atoms with E-state index in [1.54, 1.807) is 0 Å². The molecule has 1 aromatic carbocycles. The summed E-state index contributed by atoms with van der Waals surface area (Å²) in [6.07, 6.45) is 1.23. The molecule has 1 aliphatic rings. The molecule has 2 N–H and O–H groups in total. The predicted molar refractivity (Wildman–Crippen MR) is 95.4 cm³/mol. The second-order valence-electron chi connectivity index (χ2n) is 5.94. The molecular weight excluding hydrogens is 300 g/mol. The smallest absolute Gasteiger partial charge is 0.120 e. The van der Waals surface area contributed by atoms with Gasteiger partial charge < -0.3 is 10.5 Å². The van der Waals surface area contributed by atoms with E-state index in [-0.39, 0.29) is 0 Å². The van der Waals surface area contributed by atoms with Crippen LogP contribution in [0.5, 0.6) is 5.75 Å². The van der Waals surface area contributed by atoms with Crippen LogP contribution < -0.4 is 10.5 Å². The van der Waals surface area contributed by atoms with Crippen molar-refractivity contribution in [2.24, 2.45) is 5.73 Å². The highest BCUT2D eigenvalue weighted by molar-refractivity contribution is 8.00. The van der Waals surface area contributed by atoms with Gasteiger partial charge in [-0.3, -0.25) is 4.90 Å². The van der Waals surface area contributed by atoms with Crippen LogP contribution in [0, 0.1) is 0 Å². The Morgan fingerprint density at radius 3 is 3.00 bits per heavy atom. The van der Waals surface area contributed by atoms with E-state index in [2.05, 4.69) is 30.5 Å². The molecule has 2 rings (SSSR count). The summed E-state index contributed by atoms with van der Waals surface area (Å²) in [5.74, 6) is 2.04. The Bertz CT molecular complexity index is 491. The van der Waals surface area contributed by atoms with Gasteiger partial charge in [-0.1, -0.05) is 38.2 Å². The van der Waals surface area contributed by atoms with E-state index in [4.69, 9.17) is 22.7 Å². The SMILES string of the molecule is CC1(C)CCN(CCOc2cccc(C(N)=S)c2)CCS1. The quantitative estimate of drug-likeness (QED) is 0.843. The normalized spacial score (nSPS) is 19.0. The molecule has 1 aromatic rings. The fourth-order valence-corrected chi connectivity index (χ4v) is 3.58. The Labute approximate surface area is 137 Å². The zero-order chi connectivity index (χ0) is 15.3. The first-order valence-electron chi connectivity index (χ1n) is 7.35. The molecule has 0 amide bonds. The van der Waals surface area contributed by atoms with Crippen LogP contribution in [0.4, 0.5) is 0 Å². The van der Waals surface area contributed by atoms with Crippen LogP contribution in [-0.2, 0) is 0 Å². The number of nitrogens with zero attached hydrogens (tertiary/aromatic N) is 1. The average molecular weight is 325 g/mol. The second-order valence-corrected chi connectivity index (χ2v) is 8.18. The maximum Gasteiger partial charge on any atom is 0.120 e. The Balaban J connectivity index is 1.79. The summed E-state index contributed by atoms with van der Waals surface area (Å²) < 4.78 is 6.23. The van der Waals surface area contributed by atoms with E-state index in [0.717, 1.165) is 30.9 Å². The third kappa shape index (κ3) is 5.49. The van der Waals surface area contributed by atoms with Crippen LogP contribution in [0.15, 0.2) is 24.3 Å². The lowest BCUT2D eigenvalue weighted by Crippen LogP contribution is -2.31. The van der Waals surface area contributed by atoms with E-state index < -0.39 is 0 Å². The van der Waals surface area contributed by atoms with Gasteiger partial charge in [0.25, 0.3) is 0 Å². The maximum atomic E-state index is 5.83. The molecule has 5 heteroatoms. The summed E-state index contributed by atoms with van der Waals surface area (Å²) in [6, 6.07) is 7.69. The van der Waals surface area contributed by atoms with E-state index in [0.29, 0.717) is 16.3 Å². The minimum atomic E-state index is 0.404. The van der Waals surface area contributed by atoms with Crippen LogP contribution in [0.3, 0.4) is 0 Å². The lowest BCUT2D eigenvalue weighted by Gasteiger charge is -2.22. The summed E-state index contributed by atoms with van der Waals surface area (Å²) in [6.45, 7) is 8.62. The Kier molecular flexibility index (Phi) is 5.90. The lowest BCUT2D eigenvalue weighted by molar-refractivity contribution is 0.214.